The maximum absolute atomic E-state index is 13.0. The Balaban J connectivity index is 2.58. The van der Waals surface area contributed by atoms with Crippen LogP contribution in [0.4, 0.5) is 17.6 Å². The lowest BCUT2D eigenvalue weighted by molar-refractivity contribution is -0.186. The van der Waals surface area contributed by atoms with E-state index in [9.17, 15) is 17.6 Å². The van der Waals surface area contributed by atoms with Gasteiger partial charge in [-0.05, 0) is 13.0 Å². The highest BCUT2D eigenvalue weighted by molar-refractivity contribution is 5.35. The smallest absolute Gasteiger partial charge is 0.411 e. The van der Waals surface area contributed by atoms with Crippen LogP contribution in [0, 0.1) is 5.82 Å². The van der Waals surface area contributed by atoms with Gasteiger partial charge in [-0.25, -0.2) is 4.39 Å². The lowest BCUT2D eigenvalue weighted by atomic mass is 10.1. The predicted molar refractivity (Wildman–Crippen MR) is 56.5 cm³/mol. The lowest BCUT2D eigenvalue weighted by Crippen LogP contribution is -2.19. The first-order valence-electron chi connectivity index (χ1n) is 5.12. The molecule has 0 saturated heterocycles. The molecule has 0 spiro atoms. The van der Waals surface area contributed by atoms with Crippen LogP contribution in [0.25, 0.3) is 0 Å². The number of benzene rings is 1. The third kappa shape index (κ3) is 4.89. The molecule has 7 heteroatoms. The normalized spacial score (nSPS) is 13.4. The summed E-state index contributed by atoms with van der Waals surface area (Å²) in [6.45, 7) is -0.394. The van der Waals surface area contributed by atoms with Crippen molar-refractivity contribution in [2.24, 2.45) is 5.73 Å². The van der Waals surface area contributed by atoms with Crippen LogP contribution in [0.3, 0.4) is 0 Å². The van der Waals surface area contributed by atoms with Crippen molar-refractivity contribution < 1.29 is 27.0 Å². The maximum atomic E-state index is 13.0. The molecule has 0 heterocycles. The van der Waals surface area contributed by atoms with E-state index in [0.29, 0.717) is 5.56 Å². The van der Waals surface area contributed by atoms with Gasteiger partial charge in [0.25, 0.3) is 0 Å². The van der Waals surface area contributed by atoms with E-state index in [4.69, 9.17) is 10.5 Å². The molecule has 1 aromatic carbocycles. The van der Waals surface area contributed by atoms with Gasteiger partial charge in [-0.1, -0.05) is 6.07 Å². The minimum atomic E-state index is -4.42. The summed E-state index contributed by atoms with van der Waals surface area (Å²) < 4.78 is 57.5. The molecule has 1 aromatic rings. The second-order valence-corrected chi connectivity index (χ2v) is 3.70. The summed E-state index contributed by atoms with van der Waals surface area (Å²) in [5, 5.41) is 0. The van der Waals surface area contributed by atoms with Crippen molar-refractivity contribution in [3.8, 4) is 5.75 Å². The SMILES string of the molecule is C[C@@H](N)c1ccc(F)cc1OCOCC(F)(F)F. The van der Waals surface area contributed by atoms with Crippen molar-refractivity contribution in [2.45, 2.75) is 19.1 Å². The van der Waals surface area contributed by atoms with Gasteiger partial charge >= 0.3 is 6.18 Å². The van der Waals surface area contributed by atoms with Crippen LogP contribution in [0.15, 0.2) is 18.2 Å². The van der Waals surface area contributed by atoms with Crippen molar-refractivity contribution in [2.75, 3.05) is 13.4 Å². The van der Waals surface area contributed by atoms with Crippen molar-refractivity contribution in [1.82, 2.24) is 0 Å². The van der Waals surface area contributed by atoms with E-state index in [1.54, 1.807) is 6.92 Å². The van der Waals surface area contributed by atoms with Gasteiger partial charge in [0.05, 0.1) is 0 Å². The molecule has 3 nitrogen and oxygen atoms in total. The molecule has 18 heavy (non-hydrogen) atoms. The molecule has 0 aliphatic rings. The number of hydrogen-bond acceptors (Lipinski definition) is 3. The molecule has 0 aliphatic heterocycles. The Hall–Kier alpha value is -1.34. The number of hydrogen-bond donors (Lipinski definition) is 1. The Labute approximate surface area is 101 Å². The van der Waals surface area contributed by atoms with Crippen molar-refractivity contribution >= 4 is 0 Å². The third-order valence-corrected chi connectivity index (χ3v) is 2.03. The molecule has 0 radical (unpaired) electrons. The fourth-order valence-electron chi connectivity index (χ4n) is 1.27. The molecule has 0 saturated carbocycles. The summed E-state index contributed by atoms with van der Waals surface area (Å²) in [5.74, 6) is -0.489. The summed E-state index contributed by atoms with van der Waals surface area (Å²) in [4.78, 5) is 0. The quantitative estimate of drug-likeness (QED) is 0.507. The Morgan fingerprint density at radius 3 is 2.56 bits per heavy atom. The lowest BCUT2D eigenvalue weighted by Gasteiger charge is -2.14. The van der Waals surface area contributed by atoms with Gasteiger partial charge in [0.2, 0.25) is 0 Å². The summed E-state index contributed by atoms with van der Waals surface area (Å²) in [6.07, 6.45) is -4.42. The summed E-state index contributed by atoms with van der Waals surface area (Å²) in [7, 11) is 0. The van der Waals surface area contributed by atoms with Crippen LogP contribution in [0.5, 0.6) is 5.75 Å². The topological polar surface area (TPSA) is 44.5 Å². The van der Waals surface area contributed by atoms with E-state index in [-0.39, 0.29) is 5.75 Å². The van der Waals surface area contributed by atoms with Gasteiger partial charge in [0.1, 0.15) is 18.2 Å². The van der Waals surface area contributed by atoms with Crippen LogP contribution >= 0.6 is 0 Å². The van der Waals surface area contributed by atoms with Gasteiger partial charge in [-0.15, -0.1) is 0 Å². The Bertz CT molecular complexity index is 393. The number of alkyl halides is 3. The zero-order chi connectivity index (χ0) is 13.8. The largest absolute Gasteiger partial charge is 0.467 e. The van der Waals surface area contributed by atoms with Gasteiger partial charge in [-0.2, -0.15) is 13.2 Å². The molecule has 0 amide bonds. The predicted octanol–water partition coefficient (Wildman–Crippen LogP) is 2.76. The highest BCUT2D eigenvalue weighted by Gasteiger charge is 2.27. The Morgan fingerprint density at radius 2 is 2.00 bits per heavy atom. The molecule has 0 fully saturated rings. The van der Waals surface area contributed by atoms with E-state index in [1.807, 2.05) is 0 Å². The molecule has 1 rings (SSSR count). The van der Waals surface area contributed by atoms with E-state index in [0.717, 1.165) is 6.07 Å². The average molecular weight is 267 g/mol. The van der Waals surface area contributed by atoms with E-state index in [2.05, 4.69) is 4.74 Å². The molecule has 0 bridgehead atoms. The molecule has 1 atom stereocenters. The average Bonchev–Trinajstić information content (AvgIpc) is 2.22. The fraction of sp³-hybridized carbons (Fsp3) is 0.455. The minimum absolute atomic E-state index is 0.0761. The summed E-state index contributed by atoms with van der Waals surface area (Å²) >= 11 is 0. The molecular formula is C11H13F4NO2. The zero-order valence-electron chi connectivity index (χ0n) is 9.63. The maximum Gasteiger partial charge on any atom is 0.411 e. The fourth-order valence-corrected chi connectivity index (χ4v) is 1.27. The monoisotopic (exact) mass is 267 g/mol. The Morgan fingerprint density at radius 1 is 1.33 bits per heavy atom. The zero-order valence-corrected chi connectivity index (χ0v) is 9.63. The van der Waals surface area contributed by atoms with Gasteiger partial charge in [0, 0.05) is 17.7 Å². The molecule has 0 aliphatic carbocycles. The van der Waals surface area contributed by atoms with E-state index in [1.165, 1.54) is 12.1 Å². The van der Waals surface area contributed by atoms with E-state index < -0.39 is 31.4 Å². The van der Waals surface area contributed by atoms with Crippen molar-refractivity contribution in [1.29, 1.82) is 0 Å². The number of rotatable bonds is 5. The minimum Gasteiger partial charge on any atom is -0.467 e. The third-order valence-electron chi connectivity index (χ3n) is 2.03. The first-order chi connectivity index (χ1) is 8.29. The highest BCUT2D eigenvalue weighted by atomic mass is 19.4. The van der Waals surface area contributed by atoms with Gasteiger partial charge < -0.3 is 15.2 Å². The van der Waals surface area contributed by atoms with Crippen LogP contribution in [-0.2, 0) is 4.74 Å². The standard InChI is InChI=1S/C11H13F4NO2/c1-7(16)9-3-2-8(12)4-10(9)18-6-17-5-11(13,14)15/h2-4,7H,5-6,16H2,1H3/t7-/m1/s1. The van der Waals surface area contributed by atoms with Gasteiger partial charge in [-0.3, -0.25) is 0 Å². The summed E-state index contributed by atoms with van der Waals surface area (Å²) in [6, 6.07) is 3.24. The molecule has 0 unspecified atom stereocenters. The second kappa shape index (κ2) is 6.01. The van der Waals surface area contributed by atoms with Gasteiger partial charge in [0.15, 0.2) is 6.79 Å². The molecule has 102 valence electrons. The summed E-state index contributed by atoms with van der Waals surface area (Å²) in [5.41, 5.74) is 6.11. The van der Waals surface area contributed by atoms with Crippen LogP contribution < -0.4 is 10.5 Å². The van der Waals surface area contributed by atoms with E-state index >= 15 is 0 Å². The first-order valence-corrected chi connectivity index (χ1v) is 5.12. The second-order valence-electron chi connectivity index (χ2n) is 3.70. The Kier molecular flexibility index (Phi) is 4.92. The van der Waals surface area contributed by atoms with Crippen molar-refractivity contribution in [3.63, 3.8) is 0 Å². The van der Waals surface area contributed by atoms with Crippen molar-refractivity contribution in [3.05, 3.63) is 29.6 Å². The van der Waals surface area contributed by atoms with Crippen LogP contribution in [-0.4, -0.2) is 19.6 Å². The number of nitrogens with two attached hydrogens (primary N) is 1. The molecular weight excluding hydrogens is 254 g/mol. The van der Waals surface area contributed by atoms with Crippen LogP contribution in [0.1, 0.15) is 18.5 Å². The number of halogens is 4. The highest BCUT2D eigenvalue weighted by Crippen LogP contribution is 2.25. The first kappa shape index (κ1) is 14.7. The number of ether oxygens (including phenoxy) is 2. The molecule has 2 N–H and O–H groups in total. The van der Waals surface area contributed by atoms with Crippen LogP contribution in [0.2, 0.25) is 0 Å². The molecule has 0 aromatic heterocycles.